The van der Waals surface area contributed by atoms with E-state index in [2.05, 4.69) is 12.2 Å². The van der Waals surface area contributed by atoms with Crippen LogP contribution in [-0.4, -0.2) is 6.04 Å². The summed E-state index contributed by atoms with van der Waals surface area (Å²) in [6.45, 7) is 2.59. The van der Waals surface area contributed by atoms with E-state index in [0.717, 1.165) is 17.1 Å². The summed E-state index contributed by atoms with van der Waals surface area (Å²) in [5.74, 6) is 1.75. The molecule has 0 aromatic heterocycles. The quantitative estimate of drug-likeness (QED) is 0.811. The van der Waals surface area contributed by atoms with Gasteiger partial charge in [0.2, 0.25) is 0 Å². The lowest BCUT2D eigenvalue weighted by molar-refractivity contribution is 0.374. The monoisotopic (exact) mass is 216 g/mol. The number of allylic oxidation sites excluding steroid dienone is 2. The van der Waals surface area contributed by atoms with Crippen molar-refractivity contribution in [2.24, 2.45) is 5.73 Å². The van der Waals surface area contributed by atoms with Crippen LogP contribution in [0.1, 0.15) is 12.5 Å². The van der Waals surface area contributed by atoms with Crippen LogP contribution in [0.3, 0.4) is 0 Å². The first kappa shape index (κ1) is 10.8. The fourth-order valence-corrected chi connectivity index (χ4v) is 1.56. The number of nitrogens with two attached hydrogens (primary N) is 1. The van der Waals surface area contributed by atoms with Crippen molar-refractivity contribution in [3.8, 4) is 5.75 Å². The molecule has 1 unspecified atom stereocenters. The van der Waals surface area contributed by atoms with Crippen LogP contribution in [0.15, 0.2) is 48.4 Å². The topological polar surface area (TPSA) is 47.3 Å². The molecule has 2 rings (SSSR count). The van der Waals surface area contributed by atoms with Crippen LogP contribution in [-0.2, 0) is 6.54 Å². The molecule has 1 aromatic carbocycles. The summed E-state index contributed by atoms with van der Waals surface area (Å²) < 4.78 is 5.80. The highest BCUT2D eigenvalue weighted by Crippen LogP contribution is 2.18. The van der Waals surface area contributed by atoms with E-state index in [4.69, 9.17) is 10.5 Å². The molecule has 1 atom stereocenters. The minimum Gasteiger partial charge on any atom is -0.460 e. The van der Waals surface area contributed by atoms with Crippen molar-refractivity contribution in [3.63, 3.8) is 0 Å². The predicted octanol–water partition coefficient (Wildman–Crippen LogP) is 1.91. The van der Waals surface area contributed by atoms with Crippen molar-refractivity contribution >= 4 is 0 Å². The Labute approximate surface area is 95.6 Å². The Morgan fingerprint density at radius 2 is 2.31 bits per heavy atom. The molecule has 84 valence electrons. The average molecular weight is 216 g/mol. The molecule has 1 aliphatic heterocycles. The summed E-state index contributed by atoms with van der Waals surface area (Å²) in [5, 5.41) is 3.18. The number of rotatable bonds is 3. The lowest BCUT2D eigenvalue weighted by Gasteiger charge is -2.19. The van der Waals surface area contributed by atoms with Crippen molar-refractivity contribution in [2.45, 2.75) is 19.5 Å². The van der Waals surface area contributed by atoms with Gasteiger partial charge < -0.3 is 15.8 Å². The van der Waals surface area contributed by atoms with E-state index >= 15 is 0 Å². The summed E-state index contributed by atoms with van der Waals surface area (Å²) in [6, 6.07) is 8.04. The summed E-state index contributed by atoms with van der Waals surface area (Å²) in [6.07, 6.45) is 5.81. The van der Waals surface area contributed by atoms with Crippen molar-refractivity contribution in [1.82, 2.24) is 5.32 Å². The number of ether oxygens (including phenoxy) is 1. The summed E-state index contributed by atoms with van der Waals surface area (Å²) in [4.78, 5) is 0. The Morgan fingerprint density at radius 3 is 3.06 bits per heavy atom. The van der Waals surface area contributed by atoms with Gasteiger partial charge in [0.05, 0.1) is 6.04 Å². The molecule has 3 nitrogen and oxygen atoms in total. The van der Waals surface area contributed by atoms with Crippen molar-refractivity contribution < 1.29 is 4.74 Å². The zero-order valence-corrected chi connectivity index (χ0v) is 9.31. The maximum atomic E-state index is 5.80. The van der Waals surface area contributed by atoms with Crippen molar-refractivity contribution in [1.29, 1.82) is 0 Å². The second-order valence-electron chi connectivity index (χ2n) is 3.77. The van der Waals surface area contributed by atoms with E-state index in [1.807, 2.05) is 42.6 Å². The van der Waals surface area contributed by atoms with Gasteiger partial charge in [0.1, 0.15) is 11.5 Å². The number of hydrogen-bond donors (Lipinski definition) is 2. The van der Waals surface area contributed by atoms with E-state index in [1.165, 1.54) is 0 Å². The van der Waals surface area contributed by atoms with Crippen LogP contribution < -0.4 is 15.8 Å². The summed E-state index contributed by atoms with van der Waals surface area (Å²) in [5.41, 5.74) is 6.66. The molecule has 16 heavy (non-hydrogen) atoms. The fourth-order valence-electron chi connectivity index (χ4n) is 1.56. The Morgan fingerprint density at radius 1 is 1.44 bits per heavy atom. The summed E-state index contributed by atoms with van der Waals surface area (Å²) in [7, 11) is 0. The molecule has 1 aromatic rings. The number of nitrogens with one attached hydrogen (secondary N) is 1. The van der Waals surface area contributed by atoms with Gasteiger partial charge in [-0.05, 0) is 43.0 Å². The molecule has 0 aliphatic carbocycles. The zero-order valence-electron chi connectivity index (χ0n) is 9.31. The molecule has 0 spiro atoms. The van der Waals surface area contributed by atoms with Gasteiger partial charge in [0.25, 0.3) is 0 Å². The molecular weight excluding hydrogens is 200 g/mol. The average Bonchev–Trinajstić information content (AvgIpc) is 2.32. The lowest BCUT2D eigenvalue weighted by atomic mass is 10.2. The third kappa shape index (κ3) is 2.44. The van der Waals surface area contributed by atoms with E-state index < -0.39 is 0 Å². The third-order valence-corrected chi connectivity index (χ3v) is 2.50. The Hall–Kier alpha value is -1.74. The first-order valence-corrected chi connectivity index (χ1v) is 5.39. The highest BCUT2D eigenvalue weighted by Gasteiger charge is 2.11. The number of hydrogen-bond acceptors (Lipinski definition) is 3. The van der Waals surface area contributed by atoms with E-state index in [0.29, 0.717) is 6.54 Å². The Kier molecular flexibility index (Phi) is 3.27. The molecule has 0 bridgehead atoms. The molecule has 3 N–H and O–H groups in total. The van der Waals surface area contributed by atoms with E-state index in [1.54, 1.807) is 0 Å². The van der Waals surface area contributed by atoms with Crippen molar-refractivity contribution in [2.75, 3.05) is 0 Å². The van der Waals surface area contributed by atoms with Crippen LogP contribution >= 0.6 is 0 Å². The van der Waals surface area contributed by atoms with Crippen LogP contribution in [0.2, 0.25) is 0 Å². The first-order valence-electron chi connectivity index (χ1n) is 5.39. The largest absolute Gasteiger partial charge is 0.460 e. The van der Waals surface area contributed by atoms with Gasteiger partial charge in [0.15, 0.2) is 0 Å². The smallest absolute Gasteiger partial charge is 0.127 e. The highest BCUT2D eigenvalue weighted by atomic mass is 16.5. The van der Waals surface area contributed by atoms with Gasteiger partial charge in [-0.25, -0.2) is 0 Å². The van der Waals surface area contributed by atoms with Gasteiger partial charge in [-0.3, -0.25) is 0 Å². The van der Waals surface area contributed by atoms with Gasteiger partial charge in [-0.1, -0.05) is 12.1 Å². The minimum atomic E-state index is 0.200. The van der Waals surface area contributed by atoms with Crippen LogP contribution in [0.5, 0.6) is 5.75 Å². The lowest BCUT2D eigenvalue weighted by Crippen LogP contribution is -2.27. The van der Waals surface area contributed by atoms with Gasteiger partial charge in [-0.2, -0.15) is 0 Å². The highest BCUT2D eigenvalue weighted by molar-refractivity contribution is 5.31. The molecule has 0 fully saturated rings. The maximum Gasteiger partial charge on any atom is 0.127 e. The van der Waals surface area contributed by atoms with E-state index in [-0.39, 0.29) is 6.04 Å². The van der Waals surface area contributed by atoms with Gasteiger partial charge in [-0.15, -0.1) is 0 Å². The maximum absolute atomic E-state index is 5.80. The normalized spacial score (nSPS) is 18.9. The Bertz CT molecular complexity index is 424. The number of dihydropyridines is 1. The second kappa shape index (κ2) is 4.86. The van der Waals surface area contributed by atoms with Gasteiger partial charge >= 0.3 is 0 Å². The van der Waals surface area contributed by atoms with Crippen LogP contribution in [0, 0.1) is 0 Å². The van der Waals surface area contributed by atoms with Crippen molar-refractivity contribution in [3.05, 3.63) is 53.9 Å². The molecular formula is C13H16N2O. The molecule has 3 heteroatoms. The molecule has 0 radical (unpaired) electrons. The van der Waals surface area contributed by atoms with Gasteiger partial charge in [0, 0.05) is 6.54 Å². The van der Waals surface area contributed by atoms with Crippen LogP contribution in [0.25, 0.3) is 0 Å². The molecule has 0 amide bonds. The summed E-state index contributed by atoms with van der Waals surface area (Å²) >= 11 is 0. The second-order valence-corrected chi connectivity index (χ2v) is 3.77. The first-order chi connectivity index (χ1) is 7.79. The number of benzene rings is 1. The molecule has 0 saturated carbocycles. The van der Waals surface area contributed by atoms with E-state index in [9.17, 15) is 0 Å². The third-order valence-electron chi connectivity index (χ3n) is 2.50. The molecule has 0 saturated heterocycles. The Balaban J connectivity index is 2.13. The minimum absolute atomic E-state index is 0.200. The zero-order chi connectivity index (χ0) is 11.4. The molecule has 1 aliphatic rings. The SMILES string of the molecule is CC1NC=CC=C1Oc1cccc(CN)c1. The fraction of sp³-hybridized carbons (Fsp3) is 0.231. The van der Waals surface area contributed by atoms with Crippen LogP contribution in [0.4, 0.5) is 0 Å². The molecule has 1 heterocycles. The standard InChI is InChI=1S/C13H16N2O/c1-10-13(6-3-7-15-10)16-12-5-2-4-11(8-12)9-14/h2-8,10,15H,9,14H2,1H3. The predicted molar refractivity (Wildman–Crippen MR) is 64.8 cm³/mol.